The smallest absolute Gasteiger partial charge is 0.406 e. The Balaban J connectivity index is 1.94. The molecule has 0 radical (unpaired) electrons. The van der Waals surface area contributed by atoms with Gasteiger partial charge in [-0.25, -0.2) is 0 Å². The number of rotatable bonds is 1. The Hall–Kier alpha value is -1.01. The highest BCUT2D eigenvalue weighted by Gasteiger charge is 2.39. The normalized spacial score (nSPS) is 25.8. The van der Waals surface area contributed by atoms with Crippen LogP contribution in [0.15, 0.2) is 28.8 Å². The Kier molecular flexibility index (Phi) is 2.28. The van der Waals surface area contributed by atoms with Crippen LogP contribution in [0.3, 0.4) is 0 Å². The van der Waals surface area contributed by atoms with Gasteiger partial charge < -0.3 is 9.47 Å². The van der Waals surface area contributed by atoms with E-state index in [-0.39, 0.29) is 18.0 Å². The van der Waals surface area contributed by atoms with Gasteiger partial charge in [0.25, 0.3) is 0 Å². The highest BCUT2D eigenvalue weighted by atomic mass is 79.9. The van der Waals surface area contributed by atoms with Crippen molar-refractivity contribution in [2.45, 2.75) is 18.6 Å². The summed E-state index contributed by atoms with van der Waals surface area (Å²) in [5.74, 6) is -0.211. The lowest BCUT2D eigenvalue weighted by molar-refractivity contribution is -0.274. The van der Waals surface area contributed by atoms with Gasteiger partial charge in [-0.05, 0) is 29.3 Å². The van der Waals surface area contributed by atoms with Gasteiger partial charge in [-0.1, -0.05) is 22.0 Å². The fourth-order valence-electron chi connectivity index (χ4n) is 2.10. The van der Waals surface area contributed by atoms with Gasteiger partial charge >= 0.3 is 6.36 Å². The minimum Gasteiger partial charge on any atom is -0.406 e. The number of hydrogen-bond donors (Lipinski definition) is 0. The van der Waals surface area contributed by atoms with Crippen LogP contribution in [0.4, 0.5) is 13.2 Å². The standard InChI is InChI=1S/C11H6BrF3O2/c12-8-4-9-7-3-5(17-11(13,14)15)1-2-6(7)10(8)16-9/h1-4,9-10H/t9-,10-/m1/s1. The van der Waals surface area contributed by atoms with Crippen LogP contribution in [0.25, 0.3) is 0 Å². The number of alkyl halides is 3. The molecule has 2 aliphatic heterocycles. The number of benzene rings is 1. The Bertz CT molecular complexity index is 510. The maximum Gasteiger partial charge on any atom is 0.573 e. The molecule has 0 saturated heterocycles. The van der Waals surface area contributed by atoms with Gasteiger partial charge in [-0.3, -0.25) is 0 Å². The summed E-state index contributed by atoms with van der Waals surface area (Å²) in [6.07, 6.45) is -3.29. The van der Waals surface area contributed by atoms with Gasteiger partial charge in [0, 0.05) is 4.48 Å². The zero-order chi connectivity index (χ0) is 12.2. The van der Waals surface area contributed by atoms with Crippen LogP contribution in [0, 0.1) is 0 Å². The van der Waals surface area contributed by atoms with E-state index in [0.29, 0.717) is 0 Å². The lowest BCUT2D eigenvalue weighted by Crippen LogP contribution is -2.17. The Morgan fingerprint density at radius 3 is 2.71 bits per heavy atom. The summed E-state index contributed by atoms with van der Waals surface area (Å²) in [7, 11) is 0. The maximum absolute atomic E-state index is 12.1. The number of hydrogen-bond acceptors (Lipinski definition) is 2. The molecule has 90 valence electrons. The van der Waals surface area contributed by atoms with Crippen LogP contribution in [0.1, 0.15) is 23.3 Å². The molecule has 0 N–H and O–H groups in total. The molecule has 6 heteroatoms. The monoisotopic (exact) mass is 306 g/mol. The van der Waals surface area contributed by atoms with Crippen LogP contribution in [0.2, 0.25) is 0 Å². The summed E-state index contributed by atoms with van der Waals surface area (Å²) in [6, 6.07) is 4.29. The largest absolute Gasteiger partial charge is 0.573 e. The van der Waals surface area contributed by atoms with E-state index >= 15 is 0 Å². The molecular weight excluding hydrogens is 301 g/mol. The second kappa shape index (κ2) is 3.49. The molecule has 0 aromatic heterocycles. The summed E-state index contributed by atoms with van der Waals surface area (Å²) in [5, 5.41) is 0. The van der Waals surface area contributed by atoms with E-state index in [1.54, 1.807) is 6.07 Å². The van der Waals surface area contributed by atoms with Crippen LogP contribution < -0.4 is 4.74 Å². The van der Waals surface area contributed by atoms with Crippen molar-refractivity contribution in [1.82, 2.24) is 0 Å². The van der Waals surface area contributed by atoms with Gasteiger partial charge in [0.15, 0.2) is 0 Å². The number of fused-ring (bicyclic) bond motifs is 5. The van der Waals surface area contributed by atoms with Crippen molar-refractivity contribution in [3.8, 4) is 5.75 Å². The summed E-state index contributed by atoms with van der Waals surface area (Å²) >= 11 is 3.36. The molecular formula is C11H6BrF3O2. The van der Waals surface area contributed by atoms with Gasteiger partial charge in [-0.15, -0.1) is 13.2 Å². The predicted molar refractivity (Wildman–Crippen MR) is 56.7 cm³/mol. The Morgan fingerprint density at radius 1 is 1.24 bits per heavy atom. The van der Waals surface area contributed by atoms with Crippen LogP contribution in [0.5, 0.6) is 5.75 Å². The molecule has 2 bridgehead atoms. The van der Waals surface area contributed by atoms with Crippen molar-refractivity contribution in [2.75, 3.05) is 0 Å². The maximum atomic E-state index is 12.1. The summed E-state index contributed by atoms with van der Waals surface area (Å²) < 4.78 is 46.6. The molecule has 2 heterocycles. The molecule has 17 heavy (non-hydrogen) atoms. The summed E-state index contributed by atoms with van der Waals surface area (Å²) in [6.45, 7) is 0. The van der Waals surface area contributed by atoms with E-state index in [9.17, 15) is 13.2 Å². The van der Waals surface area contributed by atoms with E-state index in [2.05, 4.69) is 20.7 Å². The third-order valence-corrected chi connectivity index (χ3v) is 3.40. The minimum atomic E-state index is -4.66. The van der Waals surface area contributed by atoms with Crippen LogP contribution in [-0.4, -0.2) is 6.36 Å². The van der Waals surface area contributed by atoms with Gasteiger partial charge in [0.05, 0.1) is 0 Å². The third kappa shape index (κ3) is 1.85. The van der Waals surface area contributed by atoms with Gasteiger partial charge in [0.1, 0.15) is 18.0 Å². The minimum absolute atomic E-state index is 0.185. The van der Waals surface area contributed by atoms with E-state index in [1.807, 2.05) is 6.08 Å². The first kappa shape index (κ1) is 11.1. The molecule has 1 aromatic rings. The molecule has 0 saturated carbocycles. The number of halogens is 4. The second-order valence-corrected chi connectivity index (χ2v) is 4.74. The fourth-order valence-corrected chi connectivity index (χ4v) is 2.70. The highest BCUT2D eigenvalue weighted by Crippen LogP contribution is 2.52. The predicted octanol–water partition coefficient (Wildman–Crippen LogP) is 3.99. The molecule has 2 atom stereocenters. The zero-order valence-electron chi connectivity index (χ0n) is 8.29. The fraction of sp³-hybridized carbons (Fsp3) is 0.273. The molecule has 0 unspecified atom stereocenters. The lowest BCUT2D eigenvalue weighted by atomic mass is 9.97. The average Bonchev–Trinajstić information content (AvgIpc) is 2.72. The average molecular weight is 307 g/mol. The second-order valence-electron chi connectivity index (χ2n) is 3.83. The van der Waals surface area contributed by atoms with Crippen molar-refractivity contribution in [2.24, 2.45) is 0 Å². The molecule has 0 spiro atoms. The number of ether oxygens (including phenoxy) is 2. The molecule has 0 amide bonds. The molecule has 3 rings (SSSR count). The first-order valence-corrected chi connectivity index (χ1v) is 5.65. The van der Waals surface area contributed by atoms with E-state index in [1.165, 1.54) is 12.1 Å². The van der Waals surface area contributed by atoms with Gasteiger partial charge in [0.2, 0.25) is 0 Å². The Morgan fingerprint density at radius 2 is 2.00 bits per heavy atom. The molecule has 0 fully saturated rings. The lowest BCUT2D eigenvalue weighted by Gasteiger charge is -2.13. The van der Waals surface area contributed by atoms with Crippen molar-refractivity contribution >= 4 is 15.9 Å². The van der Waals surface area contributed by atoms with E-state index in [4.69, 9.17) is 4.74 Å². The molecule has 2 aliphatic rings. The first-order valence-electron chi connectivity index (χ1n) is 4.86. The van der Waals surface area contributed by atoms with Crippen molar-refractivity contribution in [3.05, 3.63) is 39.9 Å². The van der Waals surface area contributed by atoms with Crippen LogP contribution >= 0.6 is 15.9 Å². The summed E-state index contributed by atoms with van der Waals surface area (Å²) in [5.41, 5.74) is 1.62. The van der Waals surface area contributed by atoms with Crippen molar-refractivity contribution in [1.29, 1.82) is 0 Å². The zero-order valence-corrected chi connectivity index (χ0v) is 9.88. The summed E-state index contributed by atoms with van der Waals surface area (Å²) in [4.78, 5) is 0. The molecule has 1 aromatic carbocycles. The topological polar surface area (TPSA) is 18.5 Å². The molecule has 0 aliphatic carbocycles. The molecule has 2 nitrogen and oxygen atoms in total. The highest BCUT2D eigenvalue weighted by molar-refractivity contribution is 9.11. The quantitative estimate of drug-likeness (QED) is 0.781. The first-order chi connectivity index (χ1) is 7.94. The van der Waals surface area contributed by atoms with Gasteiger partial charge in [-0.2, -0.15) is 0 Å². The van der Waals surface area contributed by atoms with Crippen molar-refractivity contribution in [3.63, 3.8) is 0 Å². The van der Waals surface area contributed by atoms with E-state index < -0.39 is 6.36 Å². The third-order valence-electron chi connectivity index (χ3n) is 2.72. The van der Waals surface area contributed by atoms with Crippen molar-refractivity contribution < 1.29 is 22.6 Å². The Labute approximate surface area is 103 Å². The van der Waals surface area contributed by atoms with Crippen LogP contribution in [-0.2, 0) is 4.74 Å². The van der Waals surface area contributed by atoms with E-state index in [0.717, 1.165) is 15.6 Å². The SMILES string of the molecule is FC(F)(F)Oc1ccc2c(c1)[C@H]1C=C(Br)[C@@H]2O1.